The van der Waals surface area contributed by atoms with Crippen LogP contribution in [-0.4, -0.2) is 31.8 Å². The molecule has 2 aromatic carbocycles. The first-order valence-corrected chi connectivity index (χ1v) is 12.6. The molecule has 0 spiro atoms. The van der Waals surface area contributed by atoms with Crippen LogP contribution in [0, 0.1) is 11.7 Å². The van der Waals surface area contributed by atoms with Gasteiger partial charge in [-0.15, -0.1) is 0 Å². The highest BCUT2D eigenvalue weighted by molar-refractivity contribution is 5.76. The monoisotopic (exact) mass is 485 g/mol. The molecule has 4 aromatic rings. The molecule has 1 N–H and O–H groups in total. The summed E-state index contributed by atoms with van der Waals surface area (Å²) in [4.78, 5) is 15.6. The van der Waals surface area contributed by atoms with E-state index in [-0.39, 0.29) is 17.9 Å². The van der Waals surface area contributed by atoms with Gasteiger partial charge in [-0.1, -0.05) is 51.1 Å². The fraction of sp³-hybridized carbons (Fsp3) is 0.310. The van der Waals surface area contributed by atoms with Gasteiger partial charge in [-0.3, -0.25) is 0 Å². The molecule has 36 heavy (non-hydrogen) atoms. The highest BCUT2D eigenvalue weighted by Crippen LogP contribution is 2.38. The van der Waals surface area contributed by atoms with Crippen LogP contribution in [0.5, 0.6) is 0 Å². The molecule has 1 aliphatic heterocycles. The molecule has 0 radical (unpaired) electrons. The zero-order valence-electron chi connectivity index (χ0n) is 21.0. The number of amides is 2. The second kappa shape index (κ2) is 10.0. The lowest BCUT2D eigenvalue weighted by molar-refractivity contribution is 0.180. The molecule has 186 valence electrons. The molecule has 0 aliphatic carbocycles. The molecule has 0 unspecified atom stereocenters. The predicted octanol–water partition coefficient (Wildman–Crippen LogP) is 6.03. The first-order valence-electron chi connectivity index (χ1n) is 12.6. The van der Waals surface area contributed by atoms with Gasteiger partial charge < -0.3 is 14.8 Å². The maximum absolute atomic E-state index is 13.9. The van der Waals surface area contributed by atoms with E-state index in [4.69, 9.17) is 5.10 Å². The number of hydrogen-bond donors (Lipinski definition) is 1. The summed E-state index contributed by atoms with van der Waals surface area (Å²) in [5.74, 6) is 1.12. The van der Waals surface area contributed by atoms with Crippen molar-refractivity contribution in [3.63, 3.8) is 0 Å². The second-order valence-corrected chi connectivity index (χ2v) is 9.65. The van der Waals surface area contributed by atoms with Crippen LogP contribution in [0.1, 0.15) is 55.7 Å². The largest absolute Gasteiger partial charge is 0.338 e. The van der Waals surface area contributed by atoms with Gasteiger partial charge in [0.1, 0.15) is 11.6 Å². The lowest BCUT2D eigenvalue weighted by atomic mass is 10.0. The number of nitrogens with zero attached hydrogens (tertiary/aromatic N) is 4. The quantitative estimate of drug-likeness (QED) is 0.363. The van der Waals surface area contributed by atoms with Gasteiger partial charge in [-0.25, -0.2) is 13.9 Å². The number of para-hydroxylation sites is 1. The Morgan fingerprint density at radius 3 is 2.53 bits per heavy atom. The van der Waals surface area contributed by atoms with Gasteiger partial charge in [0.2, 0.25) is 0 Å². The molecule has 1 aliphatic rings. The predicted molar refractivity (Wildman–Crippen MR) is 139 cm³/mol. The van der Waals surface area contributed by atoms with E-state index in [1.54, 1.807) is 12.1 Å². The number of nitrogens with one attached hydrogen (secondary N) is 1. The molecule has 1 atom stereocenters. The van der Waals surface area contributed by atoms with Crippen molar-refractivity contribution in [3.8, 4) is 11.5 Å². The Morgan fingerprint density at radius 2 is 1.83 bits per heavy atom. The van der Waals surface area contributed by atoms with E-state index in [1.807, 2.05) is 58.2 Å². The number of carbonyl (C=O) groups is 1. The summed E-state index contributed by atoms with van der Waals surface area (Å²) in [5, 5.41) is 8.11. The van der Waals surface area contributed by atoms with Crippen LogP contribution in [0.3, 0.4) is 0 Å². The smallest absolute Gasteiger partial charge is 0.318 e. The van der Waals surface area contributed by atoms with Crippen molar-refractivity contribution < 1.29 is 9.18 Å². The lowest BCUT2D eigenvalue weighted by Crippen LogP contribution is -2.42. The summed E-state index contributed by atoms with van der Waals surface area (Å²) >= 11 is 0. The number of aryl methyl sites for hydroxylation is 1. The van der Waals surface area contributed by atoms with E-state index >= 15 is 0 Å². The van der Waals surface area contributed by atoms with Gasteiger partial charge in [-0.2, -0.15) is 5.10 Å². The van der Waals surface area contributed by atoms with Crippen molar-refractivity contribution in [1.82, 2.24) is 24.6 Å². The summed E-state index contributed by atoms with van der Waals surface area (Å²) < 4.78 is 18.0. The Morgan fingerprint density at radius 1 is 1.08 bits per heavy atom. The molecule has 0 bridgehead atoms. The van der Waals surface area contributed by atoms with Gasteiger partial charge in [-0.05, 0) is 60.7 Å². The summed E-state index contributed by atoms with van der Waals surface area (Å²) in [5.41, 5.74) is 4.72. The Labute approximate surface area is 211 Å². The third-order valence-corrected chi connectivity index (χ3v) is 6.75. The van der Waals surface area contributed by atoms with Crippen LogP contribution in [0.4, 0.5) is 9.18 Å². The van der Waals surface area contributed by atoms with Crippen LogP contribution < -0.4 is 5.32 Å². The third kappa shape index (κ3) is 4.41. The topological polar surface area (TPSA) is 55.1 Å². The summed E-state index contributed by atoms with van der Waals surface area (Å²) in [7, 11) is 0. The highest BCUT2D eigenvalue weighted by Gasteiger charge is 2.36. The number of benzene rings is 2. The van der Waals surface area contributed by atoms with Crippen molar-refractivity contribution in [2.24, 2.45) is 5.92 Å². The van der Waals surface area contributed by atoms with Crippen molar-refractivity contribution in [2.45, 2.75) is 46.2 Å². The zero-order valence-corrected chi connectivity index (χ0v) is 21.0. The first kappa shape index (κ1) is 23.9. The van der Waals surface area contributed by atoms with Crippen molar-refractivity contribution in [1.29, 1.82) is 0 Å². The minimum Gasteiger partial charge on any atom is -0.338 e. The molecule has 2 amide bonds. The highest BCUT2D eigenvalue weighted by atomic mass is 19.1. The van der Waals surface area contributed by atoms with Crippen LogP contribution in [-0.2, 0) is 13.0 Å². The number of hydrogen-bond acceptors (Lipinski definition) is 2. The van der Waals surface area contributed by atoms with Crippen molar-refractivity contribution in [2.75, 3.05) is 6.54 Å². The number of halogens is 1. The number of fused-ring (bicyclic) bond motifs is 3. The maximum atomic E-state index is 13.9. The summed E-state index contributed by atoms with van der Waals surface area (Å²) in [6.45, 7) is 7.36. The van der Waals surface area contributed by atoms with E-state index in [0.29, 0.717) is 19.0 Å². The normalized spacial score (nSPS) is 14.9. The van der Waals surface area contributed by atoms with Crippen LogP contribution >= 0.6 is 0 Å². The van der Waals surface area contributed by atoms with Crippen molar-refractivity contribution in [3.05, 3.63) is 101 Å². The van der Waals surface area contributed by atoms with Gasteiger partial charge >= 0.3 is 6.03 Å². The molecule has 0 fully saturated rings. The third-order valence-electron chi connectivity index (χ3n) is 6.75. The van der Waals surface area contributed by atoms with Gasteiger partial charge in [0, 0.05) is 18.3 Å². The SMILES string of the molecule is CCc1nn(-c2ccccc2)c2c1CN(C(=O)NCCC(C)C)[C@@H](c1ccc(F)cc1)c1cccn1-2. The van der Waals surface area contributed by atoms with E-state index in [2.05, 4.69) is 30.7 Å². The Kier molecular flexibility index (Phi) is 6.63. The maximum Gasteiger partial charge on any atom is 0.318 e. The molecule has 2 aromatic heterocycles. The molecule has 0 saturated heterocycles. The fourth-order valence-corrected chi connectivity index (χ4v) is 4.91. The average molecular weight is 486 g/mol. The molecular weight excluding hydrogens is 453 g/mol. The van der Waals surface area contributed by atoms with E-state index in [9.17, 15) is 9.18 Å². The van der Waals surface area contributed by atoms with E-state index in [0.717, 1.165) is 46.9 Å². The van der Waals surface area contributed by atoms with Crippen LogP contribution in [0.25, 0.3) is 11.5 Å². The van der Waals surface area contributed by atoms with Crippen LogP contribution in [0.15, 0.2) is 72.9 Å². The number of urea groups is 1. The number of rotatable bonds is 6. The minimum atomic E-state index is -0.388. The molecule has 5 rings (SSSR count). The Hall–Kier alpha value is -3.87. The summed E-state index contributed by atoms with van der Waals surface area (Å²) in [6.07, 6.45) is 3.66. The zero-order chi connectivity index (χ0) is 25.2. The average Bonchev–Trinajstić information content (AvgIpc) is 3.46. The van der Waals surface area contributed by atoms with Gasteiger partial charge in [0.25, 0.3) is 0 Å². The van der Waals surface area contributed by atoms with Crippen LogP contribution in [0.2, 0.25) is 0 Å². The second-order valence-electron chi connectivity index (χ2n) is 9.65. The standard InChI is InChI=1S/C29H32FN5O/c1-4-25-24-19-34(29(36)31-17-16-20(2)3)27(21-12-14-22(30)15-13-21)26-11-8-18-33(26)28(24)35(32-25)23-9-6-5-7-10-23/h5-15,18,20,27H,4,16-17,19H2,1-3H3,(H,31,36)/t27-/m0/s1. The molecule has 6 nitrogen and oxygen atoms in total. The minimum absolute atomic E-state index is 0.139. The van der Waals surface area contributed by atoms with Gasteiger partial charge in [0.15, 0.2) is 0 Å². The molecule has 3 heterocycles. The molecule has 7 heteroatoms. The van der Waals surface area contributed by atoms with Gasteiger partial charge in [0.05, 0.1) is 29.7 Å². The fourth-order valence-electron chi connectivity index (χ4n) is 4.91. The Balaban J connectivity index is 1.68. The summed E-state index contributed by atoms with van der Waals surface area (Å²) in [6, 6.07) is 20.0. The Bertz CT molecular complexity index is 1340. The molecular formula is C29H32FN5O. The van der Waals surface area contributed by atoms with E-state index < -0.39 is 0 Å². The number of carbonyl (C=O) groups excluding carboxylic acids is 1. The lowest BCUT2D eigenvalue weighted by Gasteiger charge is -2.31. The van der Waals surface area contributed by atoms with E-state index in [1.165, 1.54) is 12.1 Å². The number of aromatic nitrogens is 3. The molecule has 0 saturated carbocycles. The van der Waals surface area contributed by atoms with Crippen molar-refractivity contribution >= 4 is 6.03 Å². The first-order chi connectivity index (χ1) is 17.5.